The molecular formula is C25H23FN2O2S. The summed E-state index contributed by atoms with van der Waals surface area (Å²) in [5.74, 6) is -0.716. The monoisotopic (exact) mass is 434 g/mol. The number of nitrogens with zero attached hydrogens (tertiary/aromatic N) is 2. The van der Waals surface area contributed by atoms with Crippen molar-refractivity contribution >= 4 is 28.0 Å². The van der Waals surface area contributed by atoms with Crippen molar-refractivity contribution in [3.8, 4) is 6.07 Å². The Balaban J connectivity index is 1.66. The summed E-state index contributed by atoms with van der Waals surface area (Å²) < 4.78 is 13.5. The summed E-state index contributed by atoms with van der Waals surface area (Å²) >= 11 is 1.55. The molecule has 1 atom stereocenters. The number of benzene rings is 1. The molecule has 2 heterocycles. The fourth-order valence-corrected chi connectivity index (χ4v) is 6.59. The largest absolute Gasteiger partial charge is 0.294 e. The second kappa shape index (κ2) is 8.05. The van der Waals surface area contributed by atoms with Gasteiger partial charge in [0.15, 0.2) is 5.78 Å². The Morgan fingerprint density at radius 2 is 1.77 bits per heavy atom. The van der Waals surface area contributed by atoms with Crippen LogP contribution in [-0.4, -0.2) is 11.7 Å². The molecule has 2 aromatic rings. The van der Waals surface area contributed by atoms with Gasteiger partial charge in [-0.2, -0.15) is 5.26 Å². The lowest BCUT2D eigenvalue weighted by molar-refractivity contribution is -0.119. The van der Waals surface area contributed by atoms with Gasteiger partial charge >= 0.3 is 0 Å². The van der Waals surface area contributed by atoms with Crippen LogP contribution in [0, 0.1) is 17.1 Å². The van der Waals surface area contributed by atoms with Gasteiger partial charge in [-0.3, -0.25) is 14.5 Å². The molecule has 0 unspecified atom stereocenters. The zero-order valence-corrected chi connectivity index (χ0v) is 18.1. The number of Topliss-reactive ketones (excluding diaryl/α,β-unsaturated/α-hetero) is 1. The Hall–Kier alpha value is -2.78. The number of thiophene rings is 1. The number of aryl methyl sites for hydroxylation is 1. The normalized spacial score (nSPS) is 21.4. The Morgan fingerprint density at radius 1 is 1.00 bits per heavy atom. The minimum atomic E-state index is -0.351. The zero-order chi connectivity index (χ0) is 21.5. The summed E-state index contributed by atoms with van der Waals surface area (Å²) in [5, 5.41) is 10.7. The maximum Gasteiger partial charge on any atom is 0.232 e. The van der Waals surface area contributed by atoms with Crippen molar-refractivity contribution in [1.29, 1.82) is 5.26 Å². The van der Waals surface area contributed by atoms with Crippen molar-refractivity contribution in [3.05, 3.63) is 62.9 Å². The van der Waals surface area contributed by atoms with Crippen LogP contribution in [0.15, 0.2) is 35.5 Å². The number of amides is 1. The average Bonchev–Trinajstić information content (AvgIpc) is 2.94. The molecule has 1 aliphatic heterocycles. The molecular weight excluding hydrogens is 411 g/mol. The molecule has 5 rings (SSSR count). The molecule has 1 aromatic carbocycles. The number of allylic oxidation sites excluding steroid dienone is 2. The van der Waals surface area contributed by atoms with E-state index in [1.54, 1.807) is 28.4 Å². The topological polar surface area (TPSA) is 61.2 Å². The third-order valence-electron chi connectivity index (χ3n) is 6.67. The van der Waals surface area contributed by atoms with Crippen LogP contribution >= 0.6 is 11.3 Å². The number of carbonyl (C=O) groups excluding carboxylic acids is 2. The van der Waals surface area contributed by atoms with Crippen LogP contribution in [0.1, 0.15) is 72.4 Å². The van der Waals surface area contributed by atoms with E-state index in [4.69, 9.17) is 0 Å². The Bertz CT molecular complexity index is 1140. The average molecular weight is 435 g/mol. The molecule has 31 heavy (non-hydrogen) atoms. The van der Waals surface area contributed by atoms with Gasteiger partial charge in [0.2, 0.25) is 5.91 Å². The minimum Gasteiger partial charge on any atom is -0.294 e. The minimum absolute atomic E-state index is 0.0599. The van der Waals surface area contributed by atoms with Gasteiger partial charge in [-0.1, -0.05) is 18.6 Å². The van der Waals surface area contributed by atoms with Crippen molar-refractivity contribution in [1.82, 2.24) is 0 Å². The molecule has 0 spiro atoms. The van der Waals surface area contributed by atoms with E-state index in [0.29, 0.717) is 35.4 Å². The molecule has 3 aliphatic rings. The summed E-state index contributed by atoms with van der Waals surface area (Å²) in [6.07, 6.45) is 7.10. The van der Waals surface area contributed by atoms with Crippen molar-refractivity contribution in [2.75, 3.05) is 4.90 Å². The van der Waals surface area contributed by atoms with E-state index < -0.39 is 0 Å². The Morgan fingerprint density at radius 3 is 2.55 bits per heavy atom. The number of anilines is 1. The predicted octanol–water partition coefficient (Wildman–Crippen LogP) is 5.56. The molecule has 1 aromatic heterocycles. The zero-order valence-electron chi connectivity index (χ0n) is 17.2. The Kier molecular flexibility index (Phi) is 5.23. The summed E-state index contributed by atoms with van der Waals surface area (Å²) in [6.45, 7) is 0. The lowest BCUT2D eigenvalue weighted by atomic mass is 9.77. The molecule has 0 saturated carbocycles. The maximum absolute atomic E-state index is 13.5. The quantitative estimate of drug-likeness (QED) is 0.582. The highest BCUT2D eigenvalue weighted by atomic mass is 32.1. The van der Waals surface area contributed by atoms with Crippen LogP contribution in [0.25, 0.3) is 0 Å². The van der Waals surface area contributed by atoms with Gasteiger partial charge < -0.3 is 0 Å². The van der Waals surface area contributed by atoms with E-state index in [1.165, 1.54) is 17.0 Å². The van der Waals surface area contributed by atoms with E-state index in [0.717, 1.165) is 48.9 Å². The summed E-state index contributed by atoms with van der Waals surface area (Å²) in [4.78, 5) is 29.4. The van der Waals surface area contributed by atoms with Crippen molar-refractivity contribution in [3.63, 3.8) is 0 Å². The molecule has 0 saturated heterocycles. The van der Waals surface area contributed by atoms with Gasteiger partial charge in [0.05, 0.1) is 5.56 Å². The van der Waals surface area contributed by atoms with Gasteiger partial charge in [0.25, 0.3) is 0 Å². The predicted molar refractivity (Wildman–Crippen MR) is 117 cm³/mol. The number of carbonyl (C=O) groups is 2. The van der Waals surface area contributed by atoms with Crippen LogP contribution in [0.4, 0.5) is 9.39 Å². The number of rotatable bonds is 2. The lowest BCUT2D eigenvalue weighted by Crippen LogP contribution is -2.40. The summed E-state index contributed by atoms with van der Waals surface area (Å²) in [5.41, 5.74) is 3.91. The number of nitriles is 1. The fraction of sp³-hybridized carbons (Fsp3) is 0.400. The summed E-state index contributed by atoms with van der Waals surface area (Å²) in [6, 6.07) is 8.47. The molecule has 0 fully saturated rings. The first-order valence-corrected chi connectivity index (χ1v) is 11.8. The van der Waals surface area contributed by atoms with E-state index in [2.05, 4.69) is 6.07 Å². The molecule has 6 heteroatoms. The van der Waals surface area contributed by atoms with Gasteiger partial charge in [0, 0.05) is 34.9 Å². The number of hydrogen-bond donors (Lipinski definition) is 0. The smallest absolute Gasteiger partial charge is 0.232 e. The highest BCUT2D eigenvalue weighted by Crippen LogP contribution is 2.47. The maximum atomic E-state index is 13.5. The van der Waals surface area contributed by atoms with Gasteiger partial charge in [-0.05, 0) is 61.8 Å². The van der Waals surface area contributed by atoms with Crippen molar-refractivity contribution < 1.29 is 14.0 Å². The highest BCUT2D eigenvalue weighted by Gasteiger charge is 2.41. The first-order valence-electron chi connectivity index (χ1n) is 11.0. The van der Waals surface area contributed by atoms with E-state index in [-0.39, 0.29) is 29.8 Å². The molecule has 0 N–H and O–H groups in total. The van der Waals surface area contributed by atoms with Crippen LogP contribution in [-0.2, 0) is 22.4 Å². The number of halogens is 1. The molecule has 4 nitrogen and oxygen atoms in total. The fourth-order valence-electron chi connectivity index (χ4n) is 5.21. The lowest BCUT2D eigenvalue weighted by Gasteiger charge is -2.37. The SMILES string of the molecule is N#Cc1c(N2C(=O)C[C@@H](c3ccc(F)cc3)C3=C2CCCC3=O)sc2c1CCCCC2. The third kappa shape index (κ3) is 3.41. The van der Waals surface area contributed by atoms with Crippen LogP contribution in [0.3, 0.4) is 0 Å². The second-order valence-corrected chi connectivity index (χ2v) is 9.61. The summed E-state index contributed by atoms with van der Waals surface area (Å²) in [7, 11) is 0. The van der Waals surface area contributed by atoms with Crippen molar-refractivity contribution in [2.24, 2.45) is 0 Å². The number of hydrogen-bond acceptors (Lipinski definition) is 4. The van der Waals surface area contributed by atoms with E-state index in [1.807, 2.05) is 0 Å². The Labute approximate surface area is 185 Å². The number of fused-ring (bicyclic) bond motifs is 1. The standard InChI is InChI=1S/C25H23FN2O2S/c26-16-11-9-15(10-12-16)18-13-23(30)28(20-6-4-7-21(29)24(18)20)25-19(14-27)17-5-2-1-3-8-22(17)31-25/h9-12,18H,1-8,13H2/t18-/m0/s1. The van der Waals surface area contributed by atoms with Gasteiger partial charge in [0.1, 0.15) is 16.9 Å². The third-order valence-corrected chi connectivity index (χ3v) is 7.94. The van der Waals surface area contributed by atoms with E-state index in [9.17, 15) is 19.2 Å². The van der Waals surface area contributed by atoms with E-state index >= 15 is 0 Å². The van der Waals surface area contributed by atoms with Crippen molar-refractivity contribution in [2.45, 2.75) is 63.7 Å². The van der Waals surface area contributed by atoms with Crippen LogP contribution in [0.2, 0.25) is 0 Å². The first kappa shape index (κ1) is 20.1. The van der Waals surface area contributed by atoms with Gasteiger partial charge in [-0.15, -0.1) is 11.3 Å². The van der Waals surface area contributed by atoms with Crippen LogP contribution in [0.5, 0.6) is 0 Å². The van der Waals surface area contributed by atoms with Gasteiger partial charge in [-0.25, -0.2) is 4.39 Å². The molecule has 0 bridgehead atoms. The van der Waals surface area contributed by atoms with Crippen LogP contribution < -0.4 is 4.90 Å². The molecule has 0 radical (unpaired) electrons. The first-order chi connectivity index (χ1) is 15.1. The molecule has 1 amide bonds. The number of ketones is 1. The highest BCUT2D eigenvalue weighted by molar-refractivity contribution is 7.16. The molecule has 158 valence electrons. The second-order valence-electron chi connectivity index (χ2n) is 8.53. The molecule has 2 aliphatic carbocycles.